The zero-order chi connectivity index (χ0) is 14.4. The minimum absolute atomic E-state index is 0.186. The summed E-state index contributed by atoms with van der Waals surface area (Å²) in [6, 6.07) is 0.186. The fraction of sp³-hybridized carbons (Fsp3) is 0.786. The van der Waals surface area contributed by atoms with Crippen molar-refractivity contribution in [1.82, 2.24) is 15.1 Å². The Bertz CT molecular complexity index is 405. The van der Waals surface area contributed by atoms with Crippen LogP contribution in [0.3, 0.4) is 0 Å². The van der Waals surface area contributed by atoms with Gasteiger partial charge in [0.25, 0.3) is 0 Å². The molecule has 20 heavy (non-hydrogen) atoms. The summed E-state index contributed by atoms with van der Waals surface area (Å²) in [6.45, 7) is 5.43. The van der Waals surface area contributed by atoms with Gasteiger partial charge in [-0.25, -0.2) is 0 Å². The van der Waals surface area contributed by atoms with Crippen LogP contribution < -0.4 is 5.32 Å². The molecule has 0 amide bonds. The second-order valence-electron chi connectivity index (χ2n) is 5.08. The monoisotopic (exact) mass is 345 g/mol. The minimum atomic E-state index is 0.186. The number of nitrogens with one attached hydrogen (secondary N) is 1. The van der Waals surface area contributed by atoms with E-state index in [0.717, 1.165) is 43.4 Å². The average Bonchev–Trinajstić information content (AvgIpc) is 3.09. The van der Waals surface area contributed by atoms with Gasteiger partial charge in [0.15, 0.2) is 0 Å². The Kier molecular flexibility index (Phi) is 6.48. The van der Waals surface area contributed by atoms with E-state index >= 15 is 0 Å². The van der Waals surface area contributed by atoms with E-state index in [-0.39, 0.29) is 12.1 Å². The number of hydrogen-bond acceptors (Lipinski definition) is 4. The molecule has 1 fully saturated rings. The molecular formula is C14H24BrN3O2. The summed E-state index contributed by atoms with van der Waals surface area (Å²) in [4.78, 5) is 0. The largest absolute Gasteiger partial charge is 0.383 e. The fourth-order valence-electron chi connectivity index (χ4n) is 2.61. The van der Waals surface area contributed by atoms with Crippen molar-refractivity contribution in [3.05, 3.63) is 16.4 Å². The number of methoxy groups -OCH3 is 1. The summed E-state index contributed by atoms with van der Waals surface area (Å²) in [5.74, 6) is 0. The summed E-state index contributed by atoms with van der Waals surface area (Å²) in [6.07, 6.45) is 5.44. The Morgan fingerprint density at radius 2 is 2.50 bits per heavy atom. The summed E-state index contributed by atoms with van der Waals surface area (Å²) in [5.41, 5.74) is 1.17. The molecule has 1 N–H and O–H groups in total. The lowest BCUT2D eigenvalue weighted by atomic mass is 10.0. The van der Waals surface area contributed by atoms with E-state index in [0.29, 0.717) is 6.61 Å². The Hall–Kier alpha value is -0.430. The van der Waals surface area contributed by atoms with E-state index in [9.17, 15) is 0 Å². The third kappa shape index (κ3) is 3.81. The molecule has 1 saturated heterocycles. The van der Waals surface area contributed by atoms with Crippen molar-refractivity contribution in [1.29, 1.82) is 0 Å². The molecule has 2 heterocycles. The highest BCUT2D eigenvalue weighted by Gasteiger charge is 2.31. The molecule has 2 unspecified atom stereocenters. The molecule has 114 valence electrons. The normalized spacial score (nSPS) is 20.4. The van der Waals surface area contributed by atoms with Crippen LogP contribution in [0.25, 0.3) is 0 Å². The van der Waals surface area contributed by atoms with E-state index in [2.05, 4.69) is 33.3 Å². The van der Waals surface area contributed by atoms with Gasteiger partial charge in [-0.2, -0.15) is 5.10 Å². The van der Waals surface area contributed by atoms with E-state index in [4.69, 9.17) is 9.47 Å². The molecule has 2 rings (SSSR count). The molecule has 0 bridgehead atoms. The van der Waals surface area contributed by atoms with Gasteiger partial charge in [0.05, 0.1) is 41.7 Å². The number of halogens is 1. The van der Waals surface area contributed by atoms with Gasteiger partial charge in [0.2, 0.25) is 0 Å². The summed E-state index contributed by atoms with van der Waals surface area (Å²) in [5, 5.41) is 8.06. The highest BCUT2D eigenvalue weighted by molar-refractivity contribution is 9.10. The van der Waals surface area contributed by atoms with Crippen molar-refractivity contribution < 1.29 is 9.47 Å². The maximum absolute atomic E-state index is 5.89. The summed E-state index contributed by atoms with van der Waals surface area (Å²) >= 11 is 3.63. The van der Waals surface area contributed by atoms with Gasteiger partial charge in [-0.05, 0) is 41.7 Å². The summed E-state index contributed by atoms with van der Waals surface area (Å²) < 4.78 is 14.1. The van der Waals surface area contributed by atoms with Crippen LogP contribution in [0.4, 0.5) is 0 Å². The second kappa shape index (κ2) is 8.12. The molecule has 0 saturated carbocycles. The highest BCUT2D eigenvalue weighted by Crippen LogP contribution is 2.31. The number of aromatic nitrogens is 2. The number of rotatable bonds is 8. The SMILES string of the molecule is CCCNC(c1c(Br)cnn1CCOC)C1CCCO1. The molecule has 1 aliphatic heterocycles. The lowest BCUT2D eigenvalue weighted by molar-refractivity contribution is 0.0744. The third-order valence-electron chi connectivity index (χ3n) is 3.59. The Labute approximate surface area is 129 Å². The first-order valence-electron chi connectivity index (χ1n) is 7.33. The summed E-state index contributed by atoms with van der Waals surface area (Å²) in [7, 11) is 1.71. The molecule has 0 radical (unpaired) electrons. The van der Waals surface area contributed by atoms with Gasteiger partial charge >= 0.3 is 0 Å². The second-order valence-corrected chi connectivity index (χ2v) is 5.93. The third-order valence-corrected chi connectivity index (χ3v) is 4.20. The standard InChI is InChI=1S/C14H24BrN3O2/c1-3-6-16-13(12-5-4-8-20-12)14-11(15)10-17-18(14)7-9-19-2/h10,12-13,16H,3-9H2,1-2H3. The molecule has 6 heteroatoms. The maximum Gasteiger partial charge on any atom is 0.0786 e. The van der Waals surface area contributed by atoms with Crippen molar-refractivity contribution in [2.45, 2.75) is 44.9 Å². The van der Waals surface area contributed by atoms with E-state index in [1.165, 1.54) is 5.69 Å². The minimum Gasteiger partial charge on any atom is -0.383 e. The molecule has 0 spiro atoms. The van der Waals surface area contributed by atoms with Crippen LogP contribution in [0.5, 0.6) is 0 Å². The van der Waals surface area contributed by atoms with Crippen LogP contribution >= 0.6 is 15.9 Å². The van der Waals surface area contributed by atoms with Crippen molar-refractivity contribution in [3.8, 4) is 0 Å². The van der Waals surface area contributed by atoms with E-state index in [1.807, 2.05) is 10.9 Å². The maximum atomic E-state index is 5.89. The average molecular weight is 346 g/mol. The van der Waals surface area contributed by atoms with Gasteiger partial charge in [-0.1, -0.05) is 6.92 Å². The molecule has 1 aromatic heterocycles. The first-order valence-corrected chi connectivity index (χ1v) is 8.12. The molecule has 1 aromatic rings. The van der Waals surface area contributed by atoms with Crippen LogP contribution in [0.1, 0.15) is 37.9 Å². The molecule has 5 nitrogen and oxygen atoms in total. The first-order chi connectivity index (χ1) is 9.77. The van der Waals surface area contributed by atoms with Gasteiger partial charge in [-0.3, -0.25) is 4.68 Å². The van der Waals surface area contributed by atoms with Crippen LogP contribution in [-0.4, -0.2) is 42.8 Å². The topological polar surface area (TPSA) is 48.3 Å². The van der Waals surface area contributed by atoms with Crippen LogP contribution in [0.2, 0.25) is 0 Å². The lowest BCUT2D eigenvalue weighted by Crippen LogP contribution is -2.34. The smallest absolute Gasteiger partial charge is 0.0786 e. The van der Waals surface area contributed by atoms with Crippen LogP contribution in [-0.2, 0) is 16.0 Å². The van der Waals surface area contributed by atoms with Crippen LogP contribution in [0.15, 0.2) is 10.7 Å². The van der Waals surface area contributed by atoms with E-state index in [1.54, 1.807) is 7.11 Å². The van der Waals surface area contributed by atoms with Crippen molar-refractivity contribution >= 4 is 15.9 Å². The van der Waals surface area contributed by atoms with Gasteiger partial charge in [0.1, 0.15) is 0 Å². The molecule has 0 aliphatic carbocycles. The lowest BCUT2D eigenvalue weighted by Gasteiger charge is -2.25. The Morgan fingerprint density at radius 3 is 3.15 bits per heavy atom. The van der Waals surface area contributed by atoms with Crippen molar-refractivity contribution in [2.75, 3.05) is 26.9 Å². The van der Waals surface area contributed by atoms with Gasteiger partial charge in [-0.15, -0.1) is 0 Å². The van der Waals surface area contributed by atoms with Gasteiger partial charge < -0.3 is 14.8 Å². The number of ether oxygens (including phenoxy) is 2. The quantitative estimate of drug-likeness (QED) is 0.786. The number of nitrogens with zero attached hydrogens (tertiary/aromatic N) is 2. The zero-order valence-corrected chi connectivity index (χ0v) is 13.9. The highest BCUT2D eigenvalue weighted by atomic mass is 79.9. The van der Waals surface area contributed by atoms with Crippen molar-refractivity contribution in [2.24, 2.45) is 0 Å². The Morgan fingerprint density at radius 1 is 1.65 bits per heavy atom. The predicted molar refractivity (Wildman–Crippen MR) is 81.8 cm³/mol. The Balaban J connectivity index is 2.19. The molecular weight excluding hydrogens is 322 g/mol. The molecule has 2 atom stereocenters. The van der Waals surface area contributed by atoms with E-state index < -0.39 is 0 Å². The van der Waals surface area contributed by atoms with Crippen LogP contribution in [0, 0.1) is 0 Å². The number of hydrogen-bond donors (Lipinski definition) is 1. The molecule has 1 aliphatic rings. The predicted octanol–water partition coefficient (Wildman–Crippen LogP) is 2.51. The molecule has 0 aromatic carbocycles. The first kappa shape index (κ1) is 15.9. The van der Waals surface area contributed by atoms with Crippen molar-refractivity contribution in [3.63, 3.8) is 0 Å². The fourth-order valence-corrected chi connectivity index (χ4v) is 3.15. The zero-order valence-electron chi connectivity index (χ0n) is 12.3. The van der Waals surface area contributed by atoms with Gasteiger partial charge in [0, 0.05) is 13.7 Å².